The summed E-state index contributed by atoms with van der Waals surface area (Å²) in [5.41, 5.74) is 1.29. The van der Waals surface area contributed by atoms with E-state index in [1.807, 2.05) is 25.1 Å². The predicted molar refractivity (Wildman–Crippen MR) is 113 cm³/mol. The number of nitrogens with one attached hydrogen (secondary N) is 3. The second kappa shape index (κ2) is 11.0. The number of carbonyl (C=O) groups is 2. The minimum absolute atomic E-state index is 0.0586. The van der Waals surface area contributed by atoms with Gasteiger partial charge < -0.3 is 10.6 Å². The van der Waals surface area contributed by atoms with E-state index in [1.165, 1.54) is 17.3 Å². The van der Waals surface area contributed by atoms with E-state index >= 15 is 0 Å². The molecule has 1 atom stereocenters. The van der Waals surface area contributed by atoms with Crippen molar-refractivity contribution in [2.24, 2.45) is 0 Å². The van der Waals surface area contributed by atoms with Gasteiger partial charge in [-0.15, -0.1) is 5.10 Å². The third kappa shape index (κ3) is 6.86. The van der Waals surface area contributed by atoms with Crippen LogP contribution in [-0.2, 0) is 16.0 Å². The largest absolute Gasteiger partial charge is 0.355 e. The van der Waals surface area contributed by atoms with Gasteiger partial charge in [-0.3, -0.25) is 19.6 Å². The Morgan fingerprint density at radius 2 is 2.17 bits per heavy atom. The molecule has 3 N–H and O–H groups in total. The van der Waals surface area contributed by atoms with E-state index in [0.29, 0.717) is 24.0 Å². The summed E-state index contributed by atoms with van der Waals surface area (Å²) >= 11 is 1.48. The van der Waals surface area contributed by atoms with Crippen LogP contribution in [0.5, 0.6) is 0 Å². The van der Waals surface area contributed by atoms with Crippen LogP contribution >= 0.6 is 11.8 Å². The molecule has 0 unspecified atom stereocenters. The lowest BCUT2D eigenvalue weighted by atomic mass is 10.1. The Labute approximate surface area is 175 Å². The van der Waals surface area contributed by atoms with E-state index in [0.717, 1.165) is 31.8 Å². The van der Waals surface area contributed by atoms with E-state index in [2.05, 4.69) is 42.8 Å². The summed E-state index contributed by atoms with van der Waals surface area (Å²) in [6.07, 6.45) is 2.11. The summed E-state index contributed by atoms with van der Waals surface area (Å²) in [7, 11) is 0. The molecule has 2 heterocycles. The Morgan fingerprint density at radius 1 is 1.34 bits per heavy atom. The lowest BCUT2D eigenvalue weighted by Crippen LogP contribution is -2.56. The van der Waals surface area contributed by atoms with Gasteiger partial charge in [0.1, 0.15) is 5.82 Å². The molecule has 29 heavy (non-hydrogen) atoms. The molecule has 0 spiro atoms. The van der Waals surface area contributed by atoms with E-state index < -0.39 is 6.04 Å². The Morgan fingerprint density at radius 3 is 2.93 bits per heavy atom. The number of benzene rings is 1. The Kier molecular flexibility index (Phi) is 8.06. The Bertz CT molecular complexity index is 797. The van der Waals surface area contributed by atoms with E-state index in [4.69, 9.17) is 0 Å². The van der Waals surface area contributed by atoms with Gasteiger partial charge in [-0.25, -0.2) is 4.98 Å². The zero-order valence-electron chi connectivity index (χ0n) is 16.7. The van der Waals surface area contributed by atoms with Gasteiger partial charge in [0, 0.05) is 25.4 Å². The molecule has 0 aliphatic carbocycles. The summed E-state index contributed by atoms with van der Waals surface area (Å²) in [5, 5.41) is 13.3. The second-order valence-electron chi connectivity index (χ2n) is 7.04. The average molecular weight is 417 g/mol. The van der Waals surface area contributed by atoms with E-state index in [1.54, 1.807) is 0 Å². The minimum Gasteiger partial charge on any atom is -0.355 e. The number of rotatable bonds is 10. The fourth-order valence-electron chi connectivity index (χ4n) is 3.35. The summed E-state index contributed by atoms with van der Waals surface area (Å²) < 4.78 is 0. The van der Waals surface area contributed by atoms with Crippen molar-refractivity contribution >= 4 is 23.6 Å². The summed E-state index contributed by atoms with van der Waals surface area (Å²) in [6, 6.07) is 9.93. The first-order chi connectivity index (χ1) is 14.1. The van der Waals surface area contributed by atoms with E-state index in [-0.39, 0.29) is 18.2 Å². The van der Waals surface area contributed by atoms with Crippen LogP contribution < -0.4 is 10.6 Å². The fourth-order valence-corrected chi connectivity index (χ4v) is 4.05. The topological polar surface area (TPSA) is 103 Å². The zero-order chi connectivity index (χ0) is 20.5. The number of aromatic amines is 1. The van der Waals surface area contributed by atoms with Crippen molar-refractivity contribution in [3.8, 4) is 0 Å². The summed E-state index contributed by atoms with van der Waals surface area (Å²) in [4.78, 5) is 31.0. The number of aryl methyl sites for hydroxylation is 2. The van der Waals surface area contributed by atoms with Gasteiger partial charge in [-0.1, -0.05) is 42.1 Å². The highest BCUT2D eigenvalue weighted by atomic mass is 32.2. The van der Waals surface area contributed by atoms with Crippen molar-refractivity contribution in [2.75, 3.05) is 31.9 Å². The van der Waals surface area contributed by atoms with Gasteiger partial charge in [0.2, 0.25) is 17.0 Å². The van der Waals surface area contributed by atoms with Gasteiger partial charge in [-0.05, 0) is 31.9 Å². The number of nitrogens with zero attached hydrogens (tertiary/aromatic N) is 3. The van der Waals surface area contributed by atoms with Gasteiger partial charge in [0.15, 0.2) is 0 Å². The zero-order valence-corrected chi connectivity index (χ0v) is 17.5. The third-order valence-corrected chi connectivity index (χ3v) is 5.66. The molecule has 0 saturated carbocycles. The minimum atomic E-state index is -0.400. The smallest absolute Gasteiger partial charge is 0.237 e. The highest BCUT2D eigenvalue weighted by molar-refractivity contribution is 7.99. The first kappa shape index (κ1) is 21.3. The molecule has 8 nitrogen and oxygen atoms in total. The number of H-pyrrole nitrogens is 1. The lowest BCUT2D eigenvalue weighted by molar-refractivity contribution is -0.133. The molecule has 156 valence electrons. The second-order valence-corrected chi connectivity index (χ2v) is 8.10. The number of aromatic nitrogens is 3. The first-order valence-corrected chi connectivity index (χ1v) is 10.9. The van der Waals surface area contributed by atoms with Crippen molar-refractivity contribution < 1.29 is 9.59 Å². The Balaban J connectivity index is 1.40. The van der Waals surface area contributed by atoms with E-state index in [9.17, 15) is 9.59 Å². The van der Waals surface area contributed by atoms with Crippen LogP contribution in [-0.4, -0.2) is 69.9 Å². The van der Waals surface area contributed by atoms with Gasteiger partial charge in [0.25, 0.3) is 0 Å². The number of hydrogen-bond acceptors (Lipinski definition) is 6. The molecule has 1 aliphatic rings. The highest BCUT2D eigenvalue weighted by Crippen LogP contribution is 2.13. The summed E-state index contributed by atoms with van der Waals surface area (Å²) in [5.74, 6) is 1.29. The quantitative estimate of drug-likeness (QED) is 0.397. The number of hydrogen-bond donors (Lipinski definition) is 3. The molecule has 1 aromatic carbocycles. The monoisotopic (exact) mass is 416 g/mol. The standard InChI is InChI=1S/C20H28N6O2S/c1-15-23-20(25-24-15)29-13-10-21-18(27)14-17-19(28)22-9-12-26(17)11-5-8-16-6-3-2-4-7-16/h2-4,6-7,17H,5,8-14H2,1H3,(H,21,27)(H,22,28)(H,23,24,25)/t17-/m0/s1. The first-order valence-electron chi connectivity index (χ1n) is 9.96. The summed E-state index contributed by atoms with van der Waals surface area (Å²) in [6.45, 7) is 4.58. The van der Waals surface area contributed by atoms with Gasteiger partial charge >= 0.3 is 0 Å². The maximum Gasteiger partial charge on any atom is 0.237 e. The maximum atomic E-state index is 12.3. The SMILES string of the molecule is Cc1nc(SCCNC(=O)C[C@H]2C(=O)NCCN2CCCc2ccccc2)n[nH]1. The van der Waals surface area contributed by atoms with Crippen LogP contribution in [0.4, 0.5) is 0 Å². The van der Waals surface area contributed by atoms with Crippen LogP contribution in [0.25, 0.3) is 0 Å². The van der Waals surface area contributed by atoms with Gasteiger partial charge in [0.05, 0.1) is 12.5 Å². The molecule has 2 amide bonds. The van der Waals surface area contributed by atoms with Crippen LogP contribution in [0.3, 0.4) is 0 Å². The van der Waals surface area contributed by atoms with Crippen molar-refractivity contribution in [1.29, 1.82) is 0 Å². The highest BCUT2D eigenvalue weighted by Gasteiger charge is 2.31. The third-order valence-electron chi connectivity index (χ3n) is 4.81. The Hall–Kier alpha value is -2.39. The lowest BCUT2D eigenvalue weighted by Gasteiger charge is -2.34. The molecule has 3 rings (SSSR count). The normalized spacial score (nSPS) is 17.1. The number of piperazine rings is 1. The number of amides is 2. The molecule has 9 heteroatoms. The van der Waals surface area contributed by atoms with Gasteiger partial charge in [-0.2, -0.15) is 0 Å². The fraction of sp³-hybridized carbons (Fsp3) is 0.500. The van der Waals surface area contributed by atoms with Crippen LogP contribution in [0.2, 0.25) is 0 Å². The van der Waals surface area contributed by atoms with Crippen LogP contribution in [0.1, 0.15) is 24.2 Å². The molecule has 1 saturated heterocycles. The molecule has 1 fully saturated rings. The predicted octanol–water partition coefficient (Wildman–Crippen LogP) is 1.14. The molecular formula is C20H28N6O2S. The average Bonchev–Trinajstić information content (AvgIpc) is 3.14. The number of carbonyl (C=O) groups excluding carboxylic acids is 2. The molecule has 1 aliphatic heterocycles. The van der Waals surface area contributed by atoms with Crippen molar-refractivity contribution in [1.82, 2.24) is 30.7 Å². The molecule has 2 aromatic rings. The molecule has 1 aromatic heterocycles. The molecule has 0 bridgehead atoms. The van der Waals surface area contributed by atoms with Crippen LogP contribution in [0, 0.1) is 6.92 Å². The molecular weight excluding hydrogens is 388 g/mol. The van der Waals surface area contributed by atoms with Crippen molar-refractivity contribution in [3.05, 3.63) is 41.7 Å². The molecule has 0 radical (unpaired) electrons. The van der Waals surface area contributed by atoms with Crippen molar-refractivity contribution in [3.63, 3.8) is 0 Å². The maximum absolute atomic E-state index is 12.3. The van der Waals surface area contributed by atoms with Crippen LogP contribution in [0.15, 0.2) is 35.5 Å². The van der Waals surface area contributed by atoms with Crippen molar-refractivity contribution in [2.45, 2.75) is 37.4 Å². The number of thioether (sulfide) groups is 1.